The van der Waals surface area contributed by atoms with Crippen molar-refractivity contribution in [1.82, 2.24) is 14.7 Å². The van der Waals surface area contributed by atoms with Crippen LogP contribution in [0, 0.1) is 6.92 Å². The number of ether oxygens (including phenoxy) is 1. The molecule has 1 aliphatic carbocycles. The Morgan fingerprint density at radius 3 is 2.29 bits per heavy atom. The van der Waals surface area contributed by atoms with Crippen molar-refractivity contribution in [2.75, 3.05) is 0 Å². The first-order valence-electron chi connectivity index (χ1n) is 8.05. The van der Waals surface area contributed by atoms with Crippen LogP contribution in [0.25, 0.3) is 0 Å². The molecule has 6 nitrogen and oxygen atoms in total. The Morgan fingerprint density at radius 2 is 1.67 bits per heavy atom. The minimum atomic E-state index is -3.47. The Balaban J connectivity index is 1.54. The number of sulfonamides is 1. The third-order valence-corrected chi connectivity index (χ3v) is 5.68. The highest BCUT2D eigenvalue weighted by atomic mass is 32.2. The summed E-state index contributed by atoms with van der Waals surface area (Å²) in [4.78, 5) is 8.42. The molecule has 1 fully saturated rings. The van der Waals surface area contributed by atoms with E-state index in [0.29, 0.717) is 10.9 Å². The molecule has 0 saturated heterocycles. The molecule has 2 aromatic rings. The van der Waals surface area contributed by atoms with Crippen molar-refractivity contribution in [1.29, 1.82) is 0 Å². The maximum atomic E-state index is 12.4. The third-order valence-electron chi connectivity index (χ3n) is 4.14. The van der Waals surface area contributed by atoms with Crippen LogP contribution in [-0.2, 0) is 10.0 Å². The zero-order valence-corrected chi connectivity index (χ0v) is 14.4. The molecule has 3 rings (SSSR count). The molecule has 1 aliphatic rings. The van der Waals surface area contributed by atoms with Gasteiger partial charge in [0.2, 0.25) is 10.0 Å². The molecule has 1 aromatic heterocycles. The van der Waals surface area contributed by atoms with Crippen LogP contribution in [-0.4, -0.2) is 30.5 Å². The van der Waals surface area contributed by atoms with Crippen molar-refractivity contribution in [2.45, 2.75) is 49.6 Å². The summed E-state index contributed by atoms with van der Waals surface area (Å²) in [6.07, 6.45) is 6.35. The van der Waals surface area contributed by atoms with Gasteiger partial charge in [0, 0.05) is 18.4 Å². The summed E-state index contributed by atoms with van der Waals surface area (Å²) in [5.41, 5.74) is 1.04. The molecular formula is C17H21N3O3S. The van der Waals surface area contributed by atoms with Crippen molar-refractivity contribution < 1.29 is 13.2 Å². The first-order chi connectivity index (χ1) is 11.5. The summed E-state index contributed by atoms with van der Waals surface area (Å²) in [6, 6.07) is 8.94. The molecule has 128 valence electrons. The highest BCUT2D eigenvalue weighted by molar-refractivity contribution is 7.89. The molecule has 0 amide bonds. The van der Waals surface area contributed by atoms with Gasteiger partial charge in [0.15, 0.2) is 0 Å². The van der Waals surface area contributed by atoms with Crippen LogP contribution in [0.3, 0.4) is 0 Å². The van der Waals surface area contributed by atoms with Gasteiger partial charge in [-0.1, -0.05) is 17.7 Å². The molecule has 1 saturated carbocycles. The van der Waals surface area contributed by atoms with E-state index in [-0.39, 0.29) is 12.1 Å². The van der Waals surface area contributed by atoms with E-state index in [1.165, 1.54) is 0 Å². The average molecular weight is 347 g/mol. The molecule has 0 aliphatic heterocycles. The fourth-order valence-corrected chi connectivity index (χ4v) is 4.10. The number of rotatable bonds is 5. The Bertz CT molecular complexity index is 755. The highest BCUT2D eigenvalue weighted by Crippen LogP contribution is 2.23. The van der Waals surface area contributed by atoms with Crippen LogP contribution in [0.15, 0.2) is 47.6 Å². The lowest BCUT2D eigenvalue weighted by Crippen LogP contribution is -2.39. The van der Waals surface area contributed by atoms with Gasteiger partial charge in [0.1, 0.15) is 6.10 Å². The van der Waals surface area contributed by atoms with Crippen LogP contribution in [0.5, 0.6) is 6.01 Å². The predicted octanol–water partition coefficient (Wildman–Crippen LogP) is 2.45. The van der Waals surface area contributed by atoms with Crippen LogP contribution < -0.4 is 9.46 Å². The number of aromatic nitrogens is 2. The number of hydrogen-bond donors (Lipinski definition) is 1. The van der Waals surface area contributed by atoms with E-state index in [2.05, 4.69) is 14.7 Å². The number of benzene rings is 1. The Kier molecular flexibility index (Phi) is 5.11. The van der Waals surface area contributed by atoms with E-state index < -0.39 is 10.0 Å². The summed E-state index contributed by atoms with van der Waals surface area (Å²) in [5, 5.41) is 0. The fraction of sp³-hybridized carbons (Fsp3) is 0.412. The van der Waals surface area contributed by atoms with E-state index in [0.717, 1.165) is 31.2 Å². The Hall–Kier alpha value is -1.99. The average Bonchev–Trinajstić information content (AvgIpc) is 2.58. The largest absolute Gasteiger partial charge is 0.460 e. The lowest BCUT2D eigenvalue weighted by molar-refractivity contribution is 0.132. The molecule has 0 unspecified atom stereocenters. The molecular weight excluding hydrogens is 326 g/mol. The van der Waals surface area contributed by atoms with Crippen LogP contribution in [0.1, 0.15) is 31.2 Å². The summed E-state index contributed by atoms with van der Waals surface area (Å²) in [5.74, 6) is 0. The molecule has 24 heavy (non-hydrogen) atoms. The van der Waals surface area contributed by atoms with Gasteiger partial charge in [-0.3, -0.25) is 0 Å². The number of aryl methyl sites for hydroxylation is 1. The number of hydrogen-bond acceptors (Lipinski definition) is 5. The summed E-state index contributed by atoms with van der Waals surface area (Å²) >= 11 is 0. The van der Waals surface area contributed by atoms with Crippen molar-refractivity contribution in [3.63, 3.8) is 0 Å². The second-order valence-electron chi connectivity index (χ2n) is 6.06. The Labute approximate surface area is 142 Å². The topological polar surface area (TPSA) is 81.2 Å². The van der Waals surface area contributed by atoms with Gasteiger partial charge in [0.25, 0.3) is 0 Å². The summed E-state index contributed by atoms with van der Waals surface area (Å²) < 4.78 is 33.4. The van der Waals surface area contributed by atoms with Gasteiger partial charge in [-0.05, 0) is 50.8 Å². The SMILES string of the molecule is Cc1ccc(S(=O)(=O)NC2CCC(Oc3ncccn3)CC2)cc1. The highest BCUT2D eigenvalue weighted by Gasteiger charge is 2.27. The summed E-state index contributed by atoms with van der Waals surface area (Å²) in [6.45, 7) is 1.93. The Morgan fingerprint density at radius 1 is 1.04 bits per heavy atom. The second-order valence-corrected chi connectivity index (χ2v) is 7.77. The van der Waals surface area contributed by atoms with Gasteiger partial charge in [-0.25, -0.2) is 23.1 Å². The van der Waals surface area contributed by atoms with Gasteiger partial charge >= 0.3 is 6.01 Å². The van der Waals surface area contributed by atoms with Gasteiger partial charge in [-0.2, -0.15) is 0 Å². The first-order valence-corrected chi connectivity index (χ1v) is 9.54. The van der Waals surface area contributed by atoms with E-state index in [4.69, 9.17) is 4.74 Å². The minimum Gasteiger partial charge on any atom is -0.460 e. The molecule has 0 radical (unpaired) electrons. The molecule has 0 atom stereocenters. The van der Waals surface area contributed by atoms with Gasteiger partial charge in [0.05, 0.1) is 4.90 Å². The minimum absolute atomic E-state index is 0.0347. The predicted molar refractivity (Wildman–Crippen MR) is 90.2 cm³/mol. The van der Waals surface area contributed by atoms with Crippen LogP contribution >= 0.6 is 0 Å². The zero-order chi connectivity index (χ0) is 17.0. The second kappa shape index (κ2) is 7.27. The maximum Gasteiger partial charge on any atom is 0.316 e. The van der Waals surface area contributed by atoms with Crippen molar-refractivity contribution in [3.8, 4) is 6.01 Å². The first kappa shape index (κ1) is 16.9. The standard InChI is InChI=1S/C17H21N3O3S/c1-13-3-9-16(10-4-13)24(21,22)20-14-5-7-15(8-6-14)23-17-18-11-2-12-19-17/h2-4,9-12,14-15,20H,5-8H2,1H3. The van der Waals surface area contributed by atoms with E-state index in [9.17, 15) is 8.42 Å². The van der Waals surface area contributed by atoms with Crippen molar-refractivity contribution in [3.05, 3.63) is 48.3 Å². The monoisotopic (exact) mass is 347 g/mol. The number of nitrogens with one attached hydrogen (secondary N) is 1. The van der Waals surface area contributed by atoms with E-state index in [1.807, 2.05) is 6.92 Å². The van der Waals surface area contributed by atoms with Crippen LogP contribution in [0.4, 0.5) is 0 Å². The smallest absolute Gasteiger partial charge is 0.316 e. The van der Waals surface area contributed by atoms with Crippen molar-refractivity contribution in [2.24, 2.45) is 0 Å². The molecule has 0 spiro atoms. The van der Waals surface area contributed by atoms with Crippen LogP contribution in [0.2, 0.25) is 0 Å². The van der Waals surface area contributed by atoms with E-state index in [1.54, 1.807) is 42.7 Å². The van der Waals surface area contributed by atoms with Crippen molar-refractivity contribution >= 4 is 10.0 Å². The van der Waals surface area contributed by atoms with E-state index >= 15 is 0 Å². The zero-order valence-electron chi connectivity index (χ0n) is 13.6. The molecule has 1 aromatic carbocycles. The third kappa shape index (κ3) is 4.30. The normalized spacial score (nSPS) is 21.4. The fourth-order valence-electron chi connectivity index (χ4n) is 2.80. The lowest BCUT2D eigenvalue weighted by Gasteiger charge is -2.28. The van der Waals surface area contributed by atoms with Gasteiger partial charge < -0.3 is 4.74 Å². The maximum absolute atomic E-state index is 12.4. The molecule has 0 bridgehead atoms. The molecule has 1 heterocycles. The molecule has 1 N–H and O–H groups in total. The molecule has 7 heteroatoms. The quantitative estimate of drug-likeness (QED) is 0.898. The lowest BCUT2D eigenvalue weighted by atomic mass is 9.94. The summed E-state index contributed by atoms with van der Waals surface area (Å²) in [7, 11) is -3.47. The van der Waals surface area contributed by atoms with Gasteiger partial charge in [-0.15, -0.1) is 0 Å². The number of nitrogens with zero attached hydrogens (tertiary/aromatic N) is 2.